The molecule has 182 valence electrons. The maximum absolute atomic E-state index is 12.3. The quantitative estimate of drug-likeness (QED) is 0.395. The Bertz CT molecular complexity index is 1040. The Morgan fingerprint density at radius 2 is 1.74 bits per heavy atom. The third-order valence-corrected chi connectivity index (χ3v) is 5.48. The standard InChI is InChI=1S/C26H32N2O6/c1-26(2,3)34-24(31)27-14-7-6-13-22(23(29)30)28-25(32)33-16-18-10-8-12-20-19-11-5-4-9-17(19)15-21(18)20/h4-5,8-12,22H,6-7,13-16H2,1-3H3,(H,27,31)(H,28,32)(H,29,30). The Morgan fingerprint density at radius 1 is 1.00 bits per heavy atom. The van der Waals surface area contributed by atoms with Gasteiger partial charge in [0.05, 0.1) is 0 Å². The number of carboxylic acid groups (broad SMARTS) is 1. The molecule has 0 aliphatic heterocycles. The number of hydrogen-bond acceptors (Lipinski definition) is 5. The molecule has 8 nitrogen and oxygen atoms in total. The highest BCUT2D eigenvalue weighted by atomic mass is 16.6. The van der Waals surface area contributed by atoms with Crippen molar-refractivity contribution in [1.29, 1.82) is 0 Å². The summed E-state index contributed by atoms with van der Waals surface area (Å²) in [5, 5.41) is 14.5. The van der Waals surface area contributed by atoms with Gasteiger partial charge in [-0.15, -0.1) is 0 Å². The summed E-state index contributed by atoms with van der Waals surface area (Å²) in [4.78, 5) is 35.5. The second-order valence-electron chi connectivity index (χ2n) is 9.31. The summed E-state index contributed by atoms with van der Waals surface area (Å²) in [6.07, 6.45) is 0.762. The normalized spacial score (nSPS) is 12.8. The molecule has 0 aromatic heterocycles. The number of amides is 2. The number of fused-ring (bicyclic) bond motifs is 3. The Labute approximate surface area is 199 Å². The van der Waals surface area contributed by atoms with Crippen molar-refractivity contribution in [2.45, 2.75) is 64.7 Å². The summed E-state index contributed by atoms with van der Waals surface area (Å²) in [6.45, 7) is 5.75. The Morgan fingerprint density at radius 3 is 2.47 bits per heavy atom. The predicted octanol–water partition coefficient (Wildman–Crippen LogP) is 4.63. The number of carbonyl (C=O) groups excluding carboxylic acids is 2. The van der Waals surface area contributed by atoms with Crippen LogP contribution in [0.1, 0.15) is 56.7 Å². The third kappa shape index (κ3) is 6.97. The molecule has 1 aliphatic carbocycles. The van der Waals surface area contributed by atoms with Crippen LogP contribution in [0.15, 0.2) is 42.5 Å². The van der Waals surface area contributed by atoms with E-state index in [1.54, 1.807) is 20.8 Å². The van der Waals surface area contributed by atoms with Crippen LogP contribution in [0.5, 0.6) is 0 Å². The van der Waals surface area contributed by atoms with E-state index in [2.05, 4.69) is 28.8 Å². The summed E-state index contributed by atoms with van der Waals surface area (Å²) >= 11 is 0. The van der Waals surface area contributed by atoms with Gasteiger partial charge in [0, 0.05) is 6.54 Å². The van der Waals surface area contributed by atoms with Crippen molar-refractivity contribution in [1.82, 2.24) is 10.6 Å². The molecule has 0 fully saturated rings. The van der Waals surface area contributed by atoms with Gasteiger partial charge in [-0.25, -0.2) is 14.4 Å². The minimum Gasteiger partial charge on any atom is -0.480 e. The fourth-order valence-electron chi connectivity index (χ4n) is 3.92. The molecule has 0 saturated carbocycles. The molecular formula is C26H32N2O6. The summed E-state index contributed by atoms with van der Waals surface area (Å²) in [7, 11) is 0. The van der Waals surface area contributed by atoms with Gasteiger partial charge in [0.15, 0.2) is 0 Å². The molecule has 2 aromatic carbocycles. The SMILES string of the molecule is CC(C)(C)OC(=O)NCCCCC(NC(=O)OCc1cccc2c1Cc1ccccc1-2)C(=O)O. The first-order valence-corrected chi connectivity index (χ1v) is 11.5. The van der Waals surface area contributed by atoms with Crippen molar-refractivity contribution >= 4 is 18.2 Å². The zero-order valence-electron chi connectivity index (χ0n) is 19.8. The number of hydrogen-bond donors (Lipinski definition) is 3. The largest absolute Gasteiger partial charge is 0.480 e. The van der Waals surface area contributed by atoms with Crippen LogP contribution in [0.3, 0.4) is 0 Å². The number of benzene rings is 2. The average Bonchev–Trinajstić information content (AvgIpc) is 3.14. The van der Waals surface area contributed by atoms with Crippen molar-refractivity contribution < 1.29 is 29.0 Å². The molecule has 0 bridgehead atoms. The Hall–Kier alpha value is -3.55. The maximum atomic E-state index is 12.3. The predicted molar refractivity (Wildman–Crippen MR) is 128 cm³/mol. The number of alkyl carbamates (subject to hydrolysis) is 2. The van der Waals surface area contributed by atoms with E-state index >= 15 is 0 Å². The lowest BCUT2D eigenvalue weighted by atomic mass is 10.0. The van der Waals surface area contributed by atoms with Crippen LogP contribution >= 0.6 is 0 Å². The van der Waals surface area contributed by atoms with Gasteiger partial charge in [-0.1, -0.05) is 42.5 Å². The summed E-state index contributed by atoms with van der Waals surface area (Å²) < 4.78 is 10.5. The molecule has 3 rings (SSSR count). The van der Waals surface area contributed by atoms with Crippen molar-refractivity contribution in [3.05, 3.63) is 59.2 Å². The van der Waals surface area contributed by atoms with Crippen LogP contribution in [0.2, 0.25) is 0 Å². The van der Waals surface area contributed by atoms with E-state index in [-0.39, 0.29) is 13.0 Å². The van der Waals surface area contributed by atoms with E-state index < -0.39 is 29.8 Å². The van der Waals surface area contributed by atoms with Crippen LogP contribution in [-0.4, -0.2) is 41.4 Å². The fraction of sp³-hybridized carbons (Fsp3) is 0.423. The summed E-state index contributed by atoms with van der Waals surface area (Å²) in [6, 6.07) is 13.0. The maximum Gasteiger partial charge on any atom is 0.408 e. The second-order valence-corrected chi connectivity index (χ2v) is 9.31. The molecule has 1 unspecified atom stereocenters. The topological polar surface area (TPSA) is 114 Å². The van der Waals surface area contributed by atoms with Gasteiger partial charge in [0.2, 0.25) is 0 Å². The summed E-state index contributed by atoms with van der Waals surface area (Å²) in [5.41, 5.74) is 5.03. The van der Waals surface area contributed by atoms with Crippen LogP contribution in [-0.2, 0) is 27.3 Å². The number of ether oxygens (including phenoxy) is 2. The molecule has 8 heteroatoms. The molecular weight excluding hydrogens is 436 g/mol. The highest BCUT2D eigenvalue weighted by Crippen LogP contribution is 2.38. The van der Waals surface area contributed by atoms with Gasteiger partial charge in [0.1, 0.15) is 18.2 Å². The molecule has 34 heavy (non-hydrogen) atoms. The highest BCUT2D eigenvalue weighted by molar-refractivity contribution is 5.80. The molecule has 1 atom stereocenters. The molecule has 3 N–H and O–H groups in total. The number of carboxylic acids is 1. The second kappa shape index (κ2) is 11.0. The van der Waals surface area contributed by atoms with Gasteiger partial charge < -0.3 is 25.2 Å². The fourth-order valence-corrected chi connectivity index (χ4v) is 3.92. The number of carbonyl (C=O) groups is 3. The zero-order valence-corrected chi connectivity index (χ0v) is 19.8. The van der Waals surface area contributed by atoms with Crippen LogP contribution in [0.25, 0.3) is 11.1 Å². The zero-order chi connectivity index (χ0) is 24.7. The van der Waals surface area contributed by atoms with E-state index in [9.17, 15) is 19.5 Å². The first-order valence-electron chi connectivity index (χ1n) is 11.5. The van der Waals surface area contributed by atoms with Crippen molar-refractivity contribution in [2.24, 2.45) is 0 Å². The van der Waals surface area contributed by atoms with Gasteiger partial charge in [-0.2, -0.15) is 0 Å². The van der Waals surface area contributed by atoms with Crippen molar-refractivity contribution in [2.75, 3.05) is 6.54 Å². The summed E-state index contributed by atoms with van der Waals surface area (Å²) in [5.74, 6) is -1.13. The van der Waals surface area contributed by atoms with Gasteiger partial charge >= 0.3 is 18.2 Å². The smallest absolute Gasteiger partial charge is 0.408 e. The molecule has 0 radical (unpaired) electrons. The van der Waals surface area contributed by atoms with E-state index in [0.717, 1.165) is 23.1 Å². The van der Waals surface area contributed by atoms with E-state index in [1.807, 2.05) is 24.3 Å². The number of nitrogens with one attached hydrogen (secondary N) is 2. The third-order valence-electron chi connectivity index (χ3n) is 5.48. The van der Waals surface area contributed by atoms with Crippen LogP contribution in [0.4, 0.5) is 9.59 Å². The van der Waals surface area contributed by atoms with Gasteiger partial charge in [0.25, 0.3) is 0 Å². The lowest BCUT2D eigenvalue weighted by Gasteiger charge is -2.19. The van der Waals surface area contributed by atoms with Crippen molar-refractivity contribution in [3.63, 3.8) is 0 Å². The first-order chi connectivity index (χ1) is 16.1. The van der Waals surface area contributed by atoms with E-state index in [1.165, 1.54) is 11.1 Å². The van der Waals surface area contributed by atoms with Crippen LogP contribution < -0.4 is 10.6 Å². The molecule has 0 saturated heterocycles. The lowest BCUT2D eigenvalue weighted by molar-refractivity contribution is -0.139. The molecule has 0 heterocycles. The van der Waals surface area contributed by atoms with Crippen LogP contribution in [0, 0.1) is 0 Å². The lowest BCUT2D eigenvalue weighted by Crippen LogP contribution is -2.41. The van der Waals surface area contributed by atoms with E-state index in [4.69, 9.17) is 9.47 Å². The monoisotopic (exact) mass is 468 g/mol. The minimum atomic E-state index is -1.13. The number of unbranched alkanes of at least 4 members (excludes halogenated alkanes) is 1. The molecule has 2 aromatic rings. The number of rotatable bonds is 9. The number of aliphatic carboxylic acids is 1. The first kappa shape index (κ1) is 25.1. The van der Waals surface area contributed by atoms with E-state index in [0.29, 0.717) is 19.4 Å². The Balaban J connectivity index is 1.44. The molecule has 1 aliphatic rings. The average molecular weight is 469 g/mol. The Kier molecular flexibility index (Phi) is 8.15. The highest BCUT2D eigenvalue weighted by Gasteiger charge is 2.23. The minimum absolute atomic E-state index is 0.0646. The van der Waals surface area contributed by atoms with Crippen molar-refractivity contribution in [3.8, 4) is 11.1 Å². The van der Waals surface area contributed by atoms with Gasteiger partial charge in [-0.3, -0.25) is 0 Å². The molecule has 2 amide bonds. The molecule has 0 spiro atoms. The van der Waals surface area contributed by atoms with Gasteiger partial charge in [-0.05, 0) is 74.3 Å².